The second kappa shape index (κ2) is 11.0. The number of aromatic nitrogens is 1. The van der Waals surface area contributed by atoms with Crippen LogP contribution in [0.25, 0.3) is 0 Å². The number of carbonyl (C=O) groups excluding carboxylic acids is 1. The van der Waals surface area contributed by atoms with Crippen LogP contribution in [-0.2, 0) is 9.53 Å². The molecule has 1 rings (SSSR count). The van der Waals surface area contributed by atoms with Gasteiger partial charge >= 0.3 is 0 Å². The fourth-order valence-corrected chi connectivity index (χ4v) is 2.22. The van der Waals surface area contributed by atoms with E-state index in [4.69, 9.17) is 9.47 Å². The largest absolute Gasteiger partial charge is 0.478 e. The molecule has 0 saturated heterocycles. The molecule has 0 aliphatic heterocycles. The van der Waals surface area contributed by atoms with Crippen LogP contribution in [-0.4, -0.2) is 29.7 Å². The van der Waals surface area contributed by atoms with Gasteiger partial charge in [-0.1, -0.05) is 40.0 Å². The summed E-state index contributed by atoms with van der Waals surface area (Å²) in [4.78, 5) is 16.9. The highest BCUT2D eigenvalue weighted by Gasteiger charge is 2.33. The van der Waals surface area contributed by atoms with Crippen molar-refractivity contribution in [2.75, 3.05) is 18.5 Å². The highest BCUT2D eigenvalue weighted by Crippen LogP contribution is 2.22. The van der Waals surface area contributed by atoms with Crippen molar-refractivity contribution < 1.29 is 14.3 Å². The number of pyridine rings is 1. The van der Waals surface area contributed by atoms with Gasteiger partial charge in [0, 0.05) is 12.7 Å². The average Bonchev–Trinajstić information content (AvgIpc) is 2.60. The first-order valence-electron chi connectivity index (χ1n) is 9.10. The minimum atomic E-state index is -0.803. The SMILES string of the molecule is CCCCOc1ccc(NC(=O)[C@@](C)(CCCC)OCCC)cn1. The molecule has 1 amide bonds. The Morgan fingerprint density at radius 3 is 2.46 bits per heavy atom. The van der Waals surface area contributed by atoms with Crippen LogP contribution in [0.15, 0.2) is 18.3 Å². The fourth-order valence-electron chi connectivity index (χ4n) is 2.22. The standard InChI is InChI=1S/C19H32N2O3/c1-5-8-12-19(4,24-13-7-3)18(22)21-16-10-11-17(20-15-16)23-14-9-6-2/h10-11,15H,5-9,12-14H2,1-4H3,(H,21,22)/t19-/m1/s1. The lowest BCUT2D eigenvalue weighted by Gasteiger charge is -2.28. The third-order valence-electron chi connectivity index (χ3n) is 3.85. The first-order chi connectivity index (χ1) is 11.6. The number of nitrogens with zero attached hydrogens (tertiary/aromatic N) is 1. The Balaban J connectivity index is 2.65. The average molecular weight is 336 g/mol. The van der Waals surface area contributed by atoms with Crippen LogP contribution in [0.2, 0.25) is 0 Å². The molecule has 1 N–H and O–H groups in total. The molecule has 0 aliphatic rings. The maximum Gasteiger partial charge on any atom is 0.256 e. The molecule has 0 radical (unpaired) electrons. The molecule has 1 aromatic rings. The van der Waals surface area contributed by atoms with Gasteiger partial charge in [0.05, 0.1) is 18.5 Å². The normalized spacial score (nSPS) is 13.3. The molecule has 1 atom stereocenters. The molecule has 0 unspecified atom stereocenters. The summed E-state index contributed by atoms with van der Waals surface area (Å²) < 4.78 is 11.4. The lowest BCUT2D eigenvalue weighted by molar-refractivity contribution is -0.140. The van der Waals surface area contributed by atoms with Gasteiger partial charge in [0.1, 0.15) is 5.60 Å². The minimum Gasteiger partial charge on any atom is -0.478 e. The Hall–Kier alpha value is -1.62. The molecular formula is C19H32N2O3. The van der Waals surface area contributed by atoms with E-state index >= 15 is 0 Å². The van der Waals surface area contributed by atoms with Crippen LogP contribution >= 0.6 is 0 Å². The van der Waals surface area contributed by atoms with Crippen LogP contribution in [0.3, 0.4) is 0 Å². The van der Waals surface area contributed by atoms with E-state index in [-0.39, 0.29) is 5.91 Å². The summed E-state index contributed by atoms with van der Waals surface area (Å²) in [5.74, 6) is 0.461. The van der Waals surface area contributed by atoms with Gasteiger partial charge in [0.2, 0.25) is 5.88 Å². The number of rotatable bonds is 12. The second-order valence-corrected chi connectivity index (χ2v) is 6.22. The Morgan fingerprint density at radius 2 is 1.88 bits per heavy atom. The van der Waals surface area contributed by atoms with E-state index in [0.29, 0.717) is 31.2 Å². The number of ether oxygens (including phenoxy) is 2. The van der Waals surface area contributed by atoms with Crippen molar-refractivity contribution in [3.8, 4) is 5.88 Å². The molecule has 5 heteroatoms. The Bertz CT molecular complexity index is 466. The van der Waals surface area contributed by atoms with Crippen molar-refractivity contribution in [2.24, 2.45) is 0 Å². The molecule has 0 saturated carbocycles. The Morgan fingerprint density at radius 1 is 1.12 bits per heavy atom. The van der Waals surface area contributed by atoms with E-state index in [1.165, 1.54) is 0 Å². The maximum absolute atomic E-state index is 12.6. The van der Waals surface area contributed by atoms with Crippen LogP contribution in [0.5, 0.6) is 5.88 Å². The van der Waals surface area contributed by atoms with Crippen molar-refractivity contribution in [3.05, 3.63) is 18.3 Å². The van der Waals surface area contributed by atoms with Crippen molar-refractivity contribution in [1.29, 1.82) is 0 Å². The molecule has 5 nitrogen and oxygen atoms in total. The minimum absolute atomic E-state index is 0.120. The van der Waals surface area contributed by atoms with Gasteiger partial charge in [-0.25, -0.2) is 4.98 Å². The second-order valence-electron chi connectivity index (χ2n) is 6.22. The molecule has 24 heavy (non-hydrogen) atoms. The van der Waals surface area contributed by atoms with E-state index in [0.717, 1.165) is 32.1 Å². The third-order valence-corrected chi connectivity index (χ3v) is 3.85. The number of hydrogen-bond donors (Lipinski definition) is 1. The van der Waals surface area contributed by atoms with E-state index in [1.807, 2.05) is 19.9 Å². The zero-order chi connectivity index (χ0) is 17.8. The van der Waals surface area contributed by atoms with E-state index in [9.17, 15) is 4.79 Å². The van der Waals surface area contributed by atoms with Crippen molar-refractivity contribution >= 4 is 11.6 Å². The summed E-state index contributed by atoms with van der Waals surface area (Å²) in [7, 11) is 0. The molecule has 136 valence electrons. The lowest BCUT2D eigenvalue weighted by Crippen LogP contribution is -2.43. The number of nitrogens with one attached hydrogen (secondary N) is 1. The van der Waals surface area contributed by atoms with Crippen LogP contribution in [0.4, 0.5) is 5.69 Å². The number of carbonyl (C=O) groups is 1. The van der Waals surface area contributed by atoms with Crippen LogP contribution < -0.4 is 10.1 Å². The summed E-state index contributed by atoms with van der Waals surface area (Å²) >= 11 is 0. The lowest BCUT2D eigenvalue weighted by atomic mass is 9.97. The molecule has 0 aliphatic carbocycles. The molecule has 0 spiro atoms. The van der Waals surface area contributed by atoms with Gasteiger partial charge in [0.25, 0.3) is 5.91 Å². The summed E-state index contributed by atoms with van der Waals surface area (Å²) in [6, 6.07) is 3.59. The quantitative estimate of drug-likeness (QED) is 0.568. The Labute approximate surface area is 146 Å². The van der Waals surface area contributed by atoms with Crippen molar-refractivity contribution in [3.63, 3.8) is 0 Å². The number of unbranched alkanes of at least 4 members (excludes halogenated alkanes) is 2. The Kier molecular flexibility index (Phi) is 9.38. The van der Waals surface area contributed by atoms with Crippen LogP contribution in [0, 0.1) is 0 Å². The topological polar surface area (TPSA) is 60.5 Å². The molecule has 0 aromatic carbocycles. The monoisotopic (exact) mass is 336 g/mol. The smallest absolute Gasteiger partial charge is 0.256 e. The summed E-state index contributed by atoms with van der Waals surface area (Å²) in [6.07, 6.45) is 7.30. The molecule has 0 bridgehead atoms. The molecule has 0 fully saturated rings. The van der Waals surface area contributed by atoms with Crippen LogP contribution in [0.1, 0.15) is 66.2 Å². The van der Waals surface area contributed by atoms with E-state index in [2.05, 4.69) is 24.1 Å². The van der Waals surface area contributed by atoms with Gasteiger partial charge in [-0.15, -0.1) is 0 Å². The number of anilines is 1. The summed E-state index contributed by atoms with van der Waals surface area (Å²) in [6.45, 7) is 9.37. The number of hydrogen-bond acceptors (Lipinski definition) is 4. The van der Waals surface area contributed by atoms with Gasteiger partial charge in [-0.3, -0.25) is 4.79 Å². The third kappa shape index (κ3) is 6.87. The van der Waals surface area contributed by atoms with Gasteiger partial charge in [0.15, 0.2) is 0 Å². The highest BCUT2D eigenvalue weighted by molar-refractivity contribution is 5.96. The zero-order valence-electron chi connectivity index (χ0n) is 15.6. The summed E-state index contributed by atoms with van der Waals surface area (Å²) in [5, 5.41) is 2.91. The van der Waals surface area contributed by atoms with Gasteiger partial charge in [-0.05, 0) is 32.3 Å². The van der Waals surface area contributed by atoms with E-state index < -0.39 is 5.60 Å². The highest BCUT2D eigenvalue weighted by atomic mass is 16.5. The van der Waals surface area contributed by atoms with E-state index in [1.54, 1.807) is 12.3 Å². The first kappa shape index (κ1) is 20.4. The van der Waals surface area contributed by atoms with Crippen molar-refractivity contribution in [2.45, 2.75) is 71.8 Å². The predicted molar refractivity (Wildman–Crippen MR) is 97.4 cm³/mol. The number of amides is 1. The predicted octanol–water partition coefficient (Wildman–Crippen LogP) is 4.57. The fraction of sp³-hybridized carbons (Fsp3) is 0.684. The first-order valence-corrected chi connectivity index (χ1v) is 9.10. The molecule has 1 aromatic heterocycles. The van der Waals surface area contributed by atoms with Crippen molar-refractivity contribution in [1.82, 2.24) is 4.98 Å². The molecular weight excluding hydrogens is 304 g/mol. The summed E-state index contributed by atoms with van der Waals surface area (Å²) in [5.41, 5.74) is -0.145. The zero-order valence-corrected chi connectivity index (χ0v) is 15.6. The molecule has 1 heterocycles. The van der Waals surface area contributed by atoms with Gasteiger partial charge < -0.3 is 14.8 Å². The van der Waals surface area contributed by atoms with Gasteiger partial charge in [-0.2, -0.15) is 0 Å². The maximum atomic E-state index is 12.6.